The fourth-order valence-corrected chi connectivity index (χ4v) is 1.01. The fourth-order valence-electron chi connectivity index (χ4n) is 1.01. The molecule has 1 aromatic rings. The van der Waals surface area contributed by atoms with Crippen LogP contribution < -0.4 is 9.47 Å². The Hall–Kier alpha value is -1.65. The molecule has 0 atom stereocenters. The van der Waals surface area contributed by atoms with Crippen molar-refractivity contribution in [2.75, 3.05) is 13.7 Å². The summed E-state index contributed by atoms with van der Waals surface area (Å²) in [6.07, 6.45) is 0.482. The lowest BCUT2D eigenvalue weighted by atomic mass is 10.2. The highest BCUT2D eigenvalue weighted by Crippen LogP contribution is 2.30. The van der Waals surface area contributed by atoms with Crippen LogP contribution in [0.2, 0.25) is 0 Å². The van der Waals surface area contributed by atoms with Crippen LogP contribution in [0.25, 0.3) is 0 Å². The molecule has 0 fully saturated rings. The predicted octanol–water partition coefficient (Wildman–Crippen LogP) is 2.11. The van der Waals surface area contributed by atoms with Crippen LogP contribution in [0.3, 0.4) is 0 Å². The number of hydrogen-bond donors (Lipinski definition) is 0. The van der Waals surface area contributed by atoms with Crippen LogP contribution in [0.4, 0.5) is 8.78 Å². The smallest absolute Gasteiger partial charge is 0.228 e. The van der Waals surface area contributed by atoms with Gasteiger partial charge in [0.15, 0.2) is 17.8 Å². The van der Waals surface area contributed by atoms with E-state index in [2.05, 4.69) is 9.47 Å². The summed E-state index contributed by atoms with van der Waals surface area (Å²) in [5.74, 6) is -0.0719. The number of hydrogen-bond acceptors (Lipinski definition) is 3. The van der Waals surface area contributed by atoms with E-state index in [-0.39, 0.29) is 17.1 Å². The summed E-state index contributed by atoms with van der Waals surface area (Å²) in [6, 6.07) is 4.29. The number of rotatable bonds is 5. The molecule has 14 heavy (non-hydrogen) atoms. The lowest BCUT2D eigenvalue weighted by Crippen LogP contribution is -2.00. The first-order chi connectivity index (χ1) is 6.83. The van der Waals surface area contributed by atoms with Crippen LogP contribution >= 0.6 is 0 Å². The molecule has 0 aliphatic rings. The molecule has 0 N–H and O–H groups in total. The van der Waals surface area contributed by atoms with Crippen LogP contribution in [0, 0.1) is 0 Å². The van der Waals surface area contributed by atoms with E-state index in [0.717, 1.165) is 0 Å². The van der Waals surface area contributed by atoms with Gasteiger partial charge in [0.25, 0.3) is 0 Å². The molecule has 76 valence electrons. The van der Waals surface area contributed by atoms with E-state index >= 15 is 0 Å². The second kappa shape index (κ2) is 5.16. The molecule has 0 saturated carbocycles. The minimum Gasteiger partial charge on any atom is -0.459 e. The first kappa shape index (κ1) is 10.4. The van der Waals surface area contributed by atoms with E-state index < -0.39 is 13.7 Å². The van der Waals surface area contributed by atoms with Crippen molar-refractivity contribution in [3.05, 3.63) is 23.8 Å². The van der Waals surface area contributed by atoms with Gasteiger partial charge in [-0.1, -0.05) is 6.07 Å². The van der Waals surface area contributed by atoms with Gasteiger partial charge in [-0.25, -0.2) is 8.78 Å². The summed E-state index contributed by atoms with van der Waals surface area (Å²) >= 11 is 0. The van der Waals surface area contributed by atoms with E-state index in [1.54, 1.807) is 0 Å². The van der Waals surface area contributed by atoms with Crippen molar-refractivity contribution in [3.8, 4) is 11.5 Å². The van der Waals surface area contributed by atoms with E-state index in [0.29, 0.717) is 6.29 Å². The van der Waals surface area contributed by atoms with Crippen molar-refractivity contribution in [3.63, 3.8) is 0 Å². The number of carbonyl (C=O) groups is 1. The Bertz CT molecular complexity index is 315. The topological polar surface area (TPSA) is 35.5 Å². The van der Waals surface area contributed by atoms with Gasteiger partial charge in [-0.3, -0.25) is 4.79 Å². The van der Waals surface area contributed by atoms with Crippen LogP contribution in [0.5, 0.6) is 11.5 Å². The van der Waals surface area contributed by atoms with Crippen molar-refractivity contribution in [2.24, 2.45) is 0 Å². The maximum atomic E-state index is 11.9. The van der Waals surface area contributed by atoms with Gasteiger partial charge < -0.3 is 9.47 Å². The fraction of sp³-hybridized carbons (Fsp3) is 0.222. The quantitative estimate of drug-likeness (QED) is 0.686. The highest BCUT2D eigenvalue weighted by Gasteiger charge is 2.10. The molecule has 1 rings (SSSR count). The second-order valence-corrected chi connectivity index (χ2v) is 2.30. The van der Waals surface area contributed by atoms with Gasteiger partial charge in [0, 0.05) is 0 Å². The maximum absolute atomic E-state index is 11.9. The average Bonchev–Trinajstić information content (AvgIpc) is 2.21. The van der Waals surface area contributed by atoms with Crippen LogP contribution in [-0.4, -0.2) is 20.0 Å². The summed E-state index contributed by atoms with van der Waals surface area (Å²) in [5.41, 5.74) is 0.119. The van der Waals surface area contributed by atoms with Gasteiger partial charge in [-0.15, -0.1) is 0 Å². The molecule has 0 spiro atoms. The zero-order valence-electron chi connectivity index (χ0n) is 7.20. The number of alkyl halides is 2. The van der Waals surface area contributed by atoms with Crippen molar-refractivity contribution in [1.82, 2.24) is 0 Å². The van der Waals surface area contributed by atoms with Gasteiger partial charge in [-0.2, -0.15) is 0 Å². The number of carbonyl (C=O) groups excluding carboxylic acids is 1. The zero-order valence-corrected chi connectivity index (χ0v) is 7.20. The minimum absolute atomic E-state index is 0.00903. The number of ether oxygens (including phenoxy) is 2. The lowest BCUT2D eigenvalue weighted by Gasteiger charge is -2.09. The molecular weight excluding hydrogens is 194 g/mol. The Morgan fingerprint density at radius 3 is 2.50 bits per heavy atom. The number of para-hydroxylation sites is 1. The molecular formula is C9H8F2O3. The highest BCUT2D eigenvalue weighted by atomic mass is 19.1. The molecule has 0 saturated heterocycles. The Kier molecular flexibility index (Phi) is 3.84. The largest absolute Gasteiger partial charge is 0.459 e. The molecule has 3 nitrogen and oxygen atoms in total. The standard InChI is InChI=1S/C9H8F2O3/c10-5-13-8-3-1-2-7(4-12)9(8)14-6-11/h1-4H,5-6H2. The van der Waals surface area contributed by atoms with Crippen LogP contribution in [-0.2, 0) is 0 Å². The number of halogens is 2. The van der Waals surface area contributed by atoms with Gasteiger partial charge in [0.1, 0.15) is 0 Å². The van der Waals surface area contributed by atoms with Crippen LogP contribution in [0.1, 0.15) is 10.4 Å². The number of aldehydes is 1. The van der Waals surface area contributed by atoms with E-state index in [1.807, 2.05) is 0 Å². The normalized spacial score (nSPS) is 9.57. The van der Waals surface area contributed by atoms with Gasteiger partial charge in [-0.05, 0) is 12.1 Å². The summed E-state index contributed by atoms with van der Waals surface area (Å²) in [5, 5.41) is 0. The van der Waals surface area contributed by atoms with Crippen molar-refractivity contribution in [1.29, 1.82) is 0 Å². The number of benzene rings is 1. The molecule has 0 bridgehead atoms. The summed E-state index contributed by atoms with van der Waals surface area (Å²) in [4.78, 5) is 10.5. The van der Waals surface area contributed by atoms with Crippen LogP contribution in [0.15, 0.2) is 18.2 Å². The van der Waals surface area contributed by atoms with Gasteiger partial charge in [0.2, 0.25) is 13.7 Å². The molecule has 0 heterocycles. The van der Waals surface area contributed by atoms with Gasteiger partial charge >= 0.3 is 0 Å². The summed E-state index contributed by atoms with van der Waals surface area (Å²) in [7, 11) is 0. The molecule has 5 heteroatoms. The molecule has 0 radical (unpaired) electrons. The monoisotopic (exact) mass is 202 g/mol. The highest BCUT2D eigenvalue weighted by molar-refractivity contribution is 5.81. The van der Waals surface area contributed by atoms with Crippen molar-refractivity contribution >= 4 is 6.29 Å². The summed E-state index contributed by atoms with van der Waals surface area (Å²) < 4.78 is 32.8. The second-order valence-electron chi connectivity index (χ2n) is 2.30. The van der Waals surface area contributed by atoms with Crippen molar-refractivity contribution in [2.45, 2.75) is 0 Å². The first-order valence-corrected chi connectivity index (χ1v) is 3.79. The van der Waals surface area contributed by atoms with E-state index in [9.17, 15) is 13.6 Å². The molecule has 0 aliphatic carbocycles. The predicted molar refractivity (Wildman–Crippen MR) is 45.0 cm³/mol. The van der Waals surface area contributed by atoms with E-state index in [1.165, 1.54) is 18.2 Å². The third kappa shape index (κ3) is 2.18. The Morgan fingerprint density at radius 2 is 1.93 bits per heavy atom. The minimum atomic E-state index is -1.10. The summed E-state index contributed by atoms with van der Waals surface area (Å²) in [6.45, 7) is -2.17. The molecule has 1 aromatic carbocycles. The molecule has 0 aromatic heterocycles. The third-order valence-corrected chi connectivity index (χ3v) is 1.55. The molecule has 0 aliphatic heterocycles. The maximum Gasteiger partial charge on any atom is 0.228 e. The molecule has 0 amide bonds. The van der Waals surface area contributed by atoms with E-state index in [4.69, 9.17) is 0 Å². The average molecular weight is 202 g/mol. The Labute approximate surface area is 79.2 Å². The van der Waals surface area contributed by atoms with Gasteiger partial charge in [0.05, 0.1) is 5.56 Å². The lowest BCUT2D eigenvalue weighted by molar-refractivity contribution is 0.111. The third-order valence-electron chi connectivity index (χ3n) is 1.55. The molecule has 0 unspecified atom stereocenters. The van der Waals surface area contributed by atoms with Crippen molar-refractivity contribution < 1.29 is 23.0 Å². The Morgan fingerprint density at radius 1 is 1.21 bits per heavy atom. The Balaban J connectivity index is 3.06. The first-order valence-electron chi connectivity index (χ1n) is 3.79. The SMILES string of the molecule is O=Cc1cccc(OCF)c1OCF. The zero-order chi connectivity index (χ0) is 10.4.